The highest BCUT2D eigenvalue weighted by atomic mass is 35.5. The van der Waals surface area contributed by atoms with E-state index in [0.717, 1.165) is 18.4 Å². The van der Waals surface area contributed by atoms with E-state index in [-0.39, 0.29) is 18.6 Å². The molecule has 2 rings (SSSR count). The quantitative estimate of drug-likeness (QED) is 0.827. The number of ether oxygens (including phenoxy) is 1. The number of rotatable bonds is 7. The van der Waals surface area contributed by atoms with Crippen LogP contribution in [-0.4, -0.2) is 18.6 Å². The van der Waals surface area contributed by atoms with E-state index in [1.165, 1.54) is 5.56 Å². The number of aryl methyl sites for hydroxylation is 2. The molecule has 0 spiro atoms. The minimum Gasteiger partial charge on any atom is -0.484 e. The zero-order valence-corrected chi connectivity index (χ0v) is 14.3. The number of hydrogen-bond donors (Lipinski definition) is 1. The number of carbonyl (C=O) groups excluding carboxylic acids is 1. The third-order valence-corrected chi connectivity index (χ3v) is 4.04. The fourth-order valence-corrected chi connectivity index (χ4v) is 2.39. The van der Waals surface area contributed by atoms with Crippen molar-refractivity contribution in [2.24, 2.45) is 0 Å². The number of hydrogen-bond acceptors (Lipinski definition) is 2. The molecule has 0 aliphatic rings. The molecule has 0 heterocycles. The molecule has 2 aromatic rings. The Bertz CT molecular complexity index is 643. The van der Waals surface area contributed by atoms with Crippen molar-refractivity contribution in [3.8, 4) is 5.75 Å². The standard InChI is InChI=1S/C19H22ClNO2/c1-14-12-17(10-11-18(14)20)23-13-19(22)21-15(2)8-9-16-6-4-3-5-7-16/h3-7,10-12,15H,8-9,13H2,1-2H3,(H,21,22)/t15-/m1/s1. The molecular formula is C19H22ClNO2. The van der Waals surface area contributed by atoms with Gasteiger partial charge in [0.05, 0.1) is 0 Å². The van der Waals surface area contributed by atoms with Crippen LogP contribution in [0.2, 0.25) is 5.02 Å². The molecule has 2 aromatic carbocycles. The van der Waals surface area contributed by atoms with E-state index >= 15 is 0 Å². The Kier molecular flexibility index (Phi) is 6.48. The van der Waals surface area contributed by atoms with Crippen LogP contribution in [0.3, 0.4) is 0 Å². The minimum atomic E-state index is -0.113. The minimum absolute atomic E-state index is 0.0107. The average molecular weight is 332 g/mol. The Balaban J connectivity index is 1.72. The summed E-state index contributed by atoms with van der Waals surface area (Å²) < 4.78 is 5.50. The molecule has 4 heteroatoms. The van der Waals surface area contributed by atoms with Gasteiger partial charge in [-0.2, -0.15) is 0 Å². The lowest BCUT2D eigenvalue weighted by Gasteiger charge is -2.14. The molecule has 0 fully saturated rings. The van der Waals surface area contributed by atoms with Crippen LogP contribution in [0.15, 0.2) is 48.5 Å². The molecule has 3 nitrogen and oxygen atoms in total. The molecule has 0 aliphatic carbocycles. The summed E-state index contributed by atoms with van der Waals surface area (Å²) in [5.41, 5.74) is 2.21. The molecule has 0 aromatic heterocycles. The summed E-state index contributed by atoms with van der Waals surface area (Å²) >= 11 is 5.96. The monoisotopic (exact) mass is 331 g/mol. The molecule has 0 aliphatic heterocycles. The van der Waals surface area contributed by atoms with E-state index in [1.807, 2.05) is 38.1 Å². The summed E-state index contributed by atoms with van der Waals surface area (Å²) in [6.45, 7) is 3.92. The lowest BCUT2D eigenvalue weighted by atomic mass is 10.1. The van der Waals surface area contributed by atoms with Crippen LogP contribution in [0.1, 0.15) is 24.5 Å². The first-order valence-electron chi connectivity index (χ1n) is 7.77. The Labute approximate surface area is 142 Å². The second-order valence-electron chi connectivity index (χ2n) is 5.69. The Morgan fingerprint density at radius 2 is 1.96 bits per heavy atom. The molecule has 0 saturated carbocycles. The molecule has 0 bridgehead atoms. The summed E-state index contributed by atoms with van der Waals surface area (Å²) in [4.78, 5) is 11.9. The average Bonchev–Trinajstić information content (AvgIpc) is 2.55. The summed E-state index contributed by atoms with van der Waals surface area (Å²) in [7, 11) is 0. The summed E-state index contributed by atoms with van der Waals surface area (Å²) in [5.74, 6) is 0.539. The summed E-state index contributed by atoms with van der Waals surface area (Å²) in [6, 6.07) is 15.7. The topological polar surface area (TPSA) is 38.3 Å². The van der Waals surface area contributed by atoms with Gasteiger partial charge in [-0.3, -0.25) is 4.79 Å². The van der Waals surface area contributed by atoms with Gasteiger partial charge in [0.1, 0.15) is 5.75 Å². The normalized spacial score (nSPS) is 11.8. The van der Waals surface area contributed by atoms with Crippen LogP contribution in [0, 0.1) is 6.92 Å². The molecule has 0 unspecified atom stereocenters. The molecule has 1 atom stereocenters. The highest BCUT2D eigenvalue weighted by Gasteiger charge is 2.09. The van der Waals surface area contributed by atoms with E-state index in [4.69, 9.17) is 16.3 Å². The highest BCUT2D eigenvalue weighted by molar-refractivity contribution is 6.31. The Hall–Kier alpha value is -2.00. The zero-order chi connectivity index (χ0) is 16.7. The Morgan fingerprint density at radius 1 is 1.22 bits per heavy atom. The maximum absolute atomic E-state index is 11.9. The fourth-order valence-electron chi connectivity index (χ4n) is 2.27. The number of nitrogens with one attached hydrogen (secondary N) is 1. The maximum atomic E-state index is 11.9. The van der Waals surface area contributed by atoms with Crippen molar-refractivity contribution in [2.75, 3.05) is 6.61 Å². The van der Waals surface area contributed by atoms with Gasteiger partial charge in [-0.25, -0.2) is 0 Å². The molecule has 0 saturated heterocycles. The van der Waals surface area contributed by atoms with Crippen LogP contribution >= 0.6 is 11.6 Å². The number of carbonyl (C=O) groups is 1. The third-order valence-electron chi connectivity index (χ3n) is 3.62. The third kappa shape index (κ3) is 5.95. The van der Waals surface area contributed by atoms with Gasteiger partial charge in [-0.15, -0.1) is 0 Å². The first kappa shape index (κ1) is 17.4. The van der Waals surface area contributed by atoms with Gasteiger partial charge in [-0.1, -0.05) is 41.9 Å². The SMILES string of the molecule is Cc1cc(OCC(=O)N[C@H](C)CCc2ccccc2)ccc1Cl. The van der Waals surface area contributed by atoms with Crippen LogP contribution in [-0.2, 0) is 11.2 Å². The van der Waals surface area contributed by atoms with Crippen molar-refractivity contribution < 1.29 is 9.53 Å². The van der Waals surface area contributed by atoms with Crippen LogP contribution < -0.4 is 10.1 Å². The molecular weight excluding hydrogens is 310 g/mol. The van der Waals surface area contributed by atoms with Crippen molar-refractivity contribution in [3.63, 3.8) is 0 Å². The number of halogens is 1. The van der Waals surface area contributed by atoms with Gasteiger partial charge < -0.3 is 10.1 Å². The summed E-state index contributed by atoms with van der Waals surface area (Å²) in [6.07, 6.45) is 1.84. The number of benzene rings is 2. The number of amides is 1. The van der Waals surface area contributed by atoms with Crippen molar-refractivity contribution >= 4 is 17.5 Å². The predicted molar refractivity (Wildman–Crippen MR) is 94.1 cm³/mol. The second-order valence-corrected chi connectivity index (χ2v) is 6.10. The largest absolute Gasteiger partial charge is 0.484 e. The molecule has 1 N–H and O–H groups in total. The molecule has 23 heavy (non-hydrogen) atoms. The molecule has 1 amide bonds. The predicted octanol–water partition coefficient (Wildman–Crippen LogP) is 4.16. The smallest absolute Gasteiger partial charge is 0.258 e. The fraction of sp³-hybridized carbons (Fsp3) is 0.316. The van der Waals surface area contributed by atoms with Crippen molar-refractivity contribution in [1.82, 2.24) is 5.32 Å². The van der Waals surface area contributed by atoms with E-state index in [2.05, 4.69) is 17.4 Å². The van der Waals surface area contributed by atoms with Crippen LogP contribution in [0.5, 0.6) is 5.75 Å². The van der Waals surface area contributed by atoms with Gasteiger partial charge >= 0.3 is 0 Å². The Morgan fingerprint density at radius 3 is 2.65 bits per heavy atom. The first-order valence-corrected chi connectivity index (χ1v) is 8.14. The summed E-state index contributed by atoms with van der Waals surface area (Å²) in [5, 5.41) is 3.65. The maximum Gasteiger partial charge on any atom is 0.258 e. The molecule has 122 valence electrons. The van der Waals surface area contributed by atoms with Gasteiger partial charge in [0.15, 0.2) is 6.61 Å². The second kappa shape index (κ2) is 8.59. The van der Waals surface area contributed by atoms with E-state index in [1.54, 1.807) is 12.1 Å². The lowest BCUT2D eigenvalue weighted by Crippen LogP contribution is -2.36. The van der Waals surface area contributed by atoms with E-state index < -0.39 is 0 Å². The lowest BCUT2D eigenvalue weighted by molar-refractivity contribution is -0.123. The van der Waals surface area contributed by atoms with E-state index in [9.17, 15) is 4.79 Å². The van der Waals surface area contributed by atoms with Crippen molar-refractivity contribution in [3.05, 3.63) is 64.7 Å². The highest BCUT2D eigenvalue weighted by Crippen LogP contribution is 2.20. The molecule has 0 radical (unpaired) electrons. The van der Waals surface area contributed by atoms with Gasteiger partial charge in [0, 0.05) is 11.1 Å². The first-order chi connectivity index (χ1) is 11.0. The van der Waals surface area contributed by atoms with Gasteiger partial charge in [-0.05, 0) is 56.0 Å². The van der Waals surface area contributed by atoms with Gasteiger partial charge in [0.25, 0.3) is 5.91 Å². The van der Waals surface area contributed by atoms with Crippen molar-refractivity contribution in [2.45, 2.75) is 32.7 Å². The van der Waals surface area contributed by atoms with Gasteiger partial charge in [0.2, 0.25) is 0 Å². The van der Waals surface area contributed by atoms with Crippen LogP contribution in [0.4, 0.5) is 0 Å². The van der Waals surface area contributed by atoms with Crippen molar-refractivity contribution in [1.29, 1.82) is 0 Å². The van der Waals surface area contributed by atoms with E-state index in [0.29, 0.717) is 10.8 Å². The zero-order valence-electron chi connectivity index (χ0n) is 13.5. The van der Waals surface area contributed by atoms with Crippen LogP contribution in [0.25, 0.3) is 0 Å².